The molecule has 0 saturated carbocycles. The Morgan fingerprint density at radius 1 is 1.12 bits per heavy atom. The van der Waals surface area contributed by atoms with E-state index in [2.05, 4.69) is 15.0 Å². The van der Waals surface area contributed by atoms with Gasteiger partial charge in [0.25, 0.3) is 0 Å². The predicted molar refractivity (Wildman–Crippen MR) is 125 cm³/mol. The Balaban J connectivity index is 1.52. The van der Waals surface area contributed by atoms with Crippen molar-refractivity contribution >= 4 is 17.2 Å². The molecular formula is C25H28N4O4. The number of aromatic amines is 1. The van der Waals surface area contributed by atoms with E-state index in [1.165, 1.54) is 6.39 Å². The Bertz CT molecular complexity index is 1220. The molecule has 4 aromatic rings. The van der Waals surface area contributed by atoms with Crippen LogP contribution in [0, 0.1) is 0 Å². The highest BCUT2D eigenvalue weighted by atomic mass is 16.6. The first-order valence-corrected chi connectivity index (χ1v) is 10.9. The van der Waals surface area contributed by atoms with Gasteiger partial charge in [-0.2, -0.15) is 0 Å². The number of hydrogen-bond donors (Lipinski definition) is 1. The number of ether oxygens (including phenoxy) is 2. The molecule has 0 aliphatic carbocycles. The Morgan fingerprint density at radius 2 is 1.91 bits per heavy atom. The summed E-state index contributed by atoms with van der Waals surface area (Å²) in [5.41, 5.74) is 3.34. The third-order valence-electron chi connectivity index (χ3n) is 4.98. The second-order valence-corrected chi connectivity index (χ2v) is 8.65. The average Bonchev–Trinajstić information content (AvgIpc) is 3.45. The largest absolute Gasteiger partial charge is 0.486 e. The van der Waals surface area contributed by atoms with Gasteiger partial charge in [-0.3, -0.25) is 0 Å². The molecule has 0 saturated heterocycles. The monoisotopic (exact) mass is 448 g/mol. The van der Waals surface area contributed by atoms with Gasteiger partial charge in [0.15, 0.2) is 17.5 Å². The molecule has 1 amide bonds. The molecule has 8 nitrogen and oxygen atoms in total. The topological polar surface area (TPSA) is 93.5 Å². The lowest BCUT2D eigenvalue weighted by Crippen LogP contribution is -2.36. The van der Waals surface area contributed by atoms with Crippen molar-refractivity contribution in [2.45, 2.75) is 46.4 Å². The molecule has 172 valence electrons. The second-order valence-electron chi connectivity index (χ2n) is 8.65. The summed E-state index contributed by atoms with van der Waals surface area (Å²) in [4.78, 5) is 26.1. The molecule has 0 unspecified atom stereocenters. The number of amides is 1. The Hall–Kier alpha value is -3.81. The van der Waals surface area contributed by atoms with Gasteiger partial charge in [0.2, 0.25) is 0 Å². The molecule has 8 heteroatoms. The number of benzene rings is 2. The number of rotatable bonds is 7. The molecule has 0 fully saturated rings. The van der Waals surface area contributed by atoms with Crippen molar-refractivity contribution in [3.05, 3.63) is 66.4 Å². The van der Waals surface area contributed by atoms with Crippen LogP contribution in [0.25, 0.3) is 22.4 Å². The van der Waals surface area contributed by atoms with E-state index in [4.69, 9.17) is 13.9 Å². The van der Waals surface area contributed by atoms with Crippen LogP contribution < -0.4 is 4.74 Å². The minimum absolute atomic E-state index is 0.309. The van der Waals surface area contributed by atoms with Crippen LogP contribution in [0.3, 0.4) is 0 Å². The van der Waals surface area contributed by atoms with Gasteiger partial charge in [0.05, 0.1) is 18.4 Å². The van der Waals surface area contributed by atoms with Gasteiger partial charge in [0, 0.05) is 12.1 Å². The van der Waals surface area contributed by atoms with Gasteiger partial charge >= 0.3 is 6.09 Å². The average molecular weight is 449 g/mol. The number of aromatic nitrogens is 3. The van der Waals surface area contributed by atoms with Crippen LogP contribution in [0.4, 0.5) is 4.79 Å². The fourth-order valence-corrected chi connectivity index (χ4v) is 3.38. The van der Waals surface area contributed by atoms with E-state index >= 15 is 0 Å². The van der Waals surface area contributed by atoms with Crippen molar-refractivity contribution in [2.75, 3.05) is 6.54 Å². The molecule has 0 atom stereocenters. The number of H-pyrrole nitrogens is 1. The molecular weight excluding hydrogens is 420 g/mol. The fraction of sp³-hybridized carbons (Fsp3) is 0.320. The third-order valence-corrected chi connectivity index (χ3v) is 4.98. The quantitative estimate of drug-likeness (QED) is 0.398. The molecule has 2 aromatic heterocycles. The van der Waals surface area contributed by atoms with E-state index < -0.39 is 5.60 Å². The summed E-state index contributed by atoms with van der Waals surface area (Å²) in [6.45, 7) is 8.70. The summed E-state index contributed by atoms with van der Waals surface area (Å²) in [5.74, 6) is 1.29. The van der Waals surface area contributed by atoms with E-state index in [9.17, 15) is 4.79 Å². The maximum Gasteiger partial charge on any atom is 0.410 e. The first kappa shape index (κ1) is 22.4. The van der Waals surface area contributed by atoms with Gasteiger partial charge in [-0.1, -0.05) is 30.3 Å². The molecule has 0 bridgehead atoms. The minimum atomic E-state index is -0.555. The summed E-state index contributed by atoms with van der Waals surface area (Å²) >= 11 is 0. The molecule has 2 aromatic carbocycles. The van der Waals surface area contributed by atoms with Crippen LogP contribution in [0.1, 0.15) is 39.1 Å². The van der Waals surface area contributed by atoms with E-state index in [0.717, 1.165) is 16.8 Å². The third kappa shape index (κ3) is 5.34. The first-order valence-electron chi connectivity index (χ1n) is 10.9. The second kappa shape index (κ2) is 9.36. The number of nitrogens with zero attached hydrogens (tertiary/aromatic N) is 3. The van der Waals surface area contributed by atoms with Crippen molar-refractivity contribution in [2.24, 2.45) is 0 Å². The Labute approximate surface area is 192 Å². The Morgan fingerprint density at radius 3 is 2.64 bits per heavy atom. The predicted octanol–water partition coefficient (Wildman–Crippen LogP) is 5.55. The summed E-state index contributed by atoms with van der Waals surface area (Å²) in [7, 11) is 0. The lowest BCUT2D eigenvalue weighted by molar-refractivity contribution is 0.0240. The number of oxazole rings is 1. The Kier molecular flexibility index (Phi) is 6.35. The lowest BCUT2D eigenvalue weighted by atomic mass is 10.1. The van der Waals surface area contributed by atoms with Crippen molar-refractivity contribution in [3.63, 3.8) is 0 Å². The zero-order chi connectivity index (χ0) is 23.4. The van der Waals surface area contributed by atoms with Crippen LogP contribution >= 0.6 is 0 Å². The molecule has 33 heavy (non-hydrogen) atoms. The number of carbonyl (C=O) groups is 1. The van der Waals surface area contributed by atoms with Crippen molar-refractivity contribution in [3.8, 4) is 17.0 Å². The summed E-state index contributed by atoms with van der Waals surface area (Å²) in [6.07, 6.45) is 2.75. The summed E-state index contributed by atoms with van der Waals surface area (Å²) in [6, 6.07) is 13.7. The first-order chi connectivity index (χ1) is 15.8. The molecule has 0 radical (unpaired) electrons. The van der Waals surface area contributed by atoms with Crippen LogP contribution in [-0.4, -0.2) is 38.1 Å². The maximum absolute atomic E-state index is 12.4. The van der Waals surface area contributed by atoms with Crippen molar-refractivity contribution in [1.29, 1.82) is 0 Å². The maximum atomic E-state index is 12.4. The number of hydrogen-bond acceptors (Lipinski definition) is 6. The van der Waals surface area contributed by atoms with E-state index in [0.29, 0.717) is 42.4 Å². The standard InChI is InChI=1S/C25H28N4O4/c1-5-29(24(30)33-25(2,3)4)14-21-26-13-19(28-21)18-11-12-20(22-23(18)32-16-27-22)31-15-17-9-7-6-8-10-17/h6-13,16H,5,14-15H2,1-4H3,(H,26,28). The van der Waals surface area contributed by atoms with Gasteiger partial charge in [-0.25, -0.2) is 14.8 Å². The van der Waals surface area contributed by atoms with E-state index in [-0.39, 0.29) is 6.09 Å². The SMILES string of the molecule is CCN(Cc1ncc(-c2ccc(OCc3ccccc3)c3ncoc23)[nH]1)C(=O)OC(C)(C)C. The zero-order valence-electron chi connectivity index (χ0n) is 19.3. The van der Waals surface area contributed by atoms with Gasteiger partial charge < -0.3 is 23.8 Å². The van der Waals surface area contributed by atoms with Crippen LogP contribution in [-0.2, 0) is 17.9 Å². The van der Waals surface area contributed by atoms with Gasteiger partial charge in [0.1, 0.15) is 23.8 Å². The van der Waals surface area contributed by atoms with Crippen molar-refractivity contribution < 1.29 is 18.7 Å². The molecule has 0 aliphatic rings. The van der Waals surface area contributed by atoms with Gasteiger partial charge in [-0.15, -0.1) is 0 Å². The molecule has 0 spiro atoms. The van der Waals surface area contributed by atoms with Crippen LogP contribution in [0.15, 0.2) is 59.5 Å². The molecule has 2 heterocycles. The van der Waals surface area contributed by atoms with Crippen LogP contribution in [0.5, 0.6) is 5.75 Å². The highest BCUT2D eigenvalue weighted by Crippen LogP contribution is 2.33. The summed E-state index contributed by atoms with van der Waals surface area (Å²) in [5, 5.41) is 0. The number of fused-ring (bicyclic) bond motifs is 1. The lowest BCUT2D eigenvalue weighted by Gasteiger charge is -2.25. The van der Waals surface area contributed by atoms with E-state index in [1.807, 2.05) is 70.2 Å². The van der Waals surface area contributed by atoms with Gasteiger partial charge in [-0.05, 0) is 45.4 Å². The molecule has 4 rings (SSSR count). The molecule has 1 N–H and O–H groups in total. The van der Waals surface area contributed by atoms with E-state index in [1.54, 1.807) is 11.1 Å². The highest BCUT2D eigenvalue weighted by molar-refractivity contribution is 5.92. The fourth-order valence-electron chi connectivity index (χ4n) is 3.38. The smallest absolute Gasteiger partial charge is 0.410 e. The minimum Gasteiger partial charge on any atom is -0.486 e. The zero-order valence-corrected chi connectivity index (χ0v) is 19.3. The highest BCUT2D eigenvalue weighted by Gasteiger charge is 2.22. The number of imidazole rings is 1. The summed E-state index contributed by atoms with van der Waals surface area (Å²) < 4.78 is 17.1. The van der Waals surface area contributed by atoms with Crippen LogP contribution in [0.2, 0.25) is 0 Å². The number of nitrogens with one attached hydrogen (secondary N) is 1. The molecule has 0 aliphatic heterocycles. The normalized spacial score (nSPS) is 11.5. The number of carbonyl (C=O) groups excluding carboxylic acids is 1. The van der Waals surface area contributed by atoms with Crippen molar-refractivity contribution in [1.82, 2.24) is 19.9 Å².